The lowest BCUT2D eigenvalue weighted by Crippen LogP contribution is -2.00. The summed E-state index contributed by atoms with van der Waals surface area (Å²) in [5.74, 6) is 0.632. The molecule has 3 rings (SSSR count). The third-order valence-electron chi connectivity index (χ3n) is 2.90. The second kappa shape index (κ2) is 5.07. The Balaban J connectivity index is 2.29. The predicted octanol–water partition coefficient (Wildman–Crippen LogP) is 4.69. The lowest BCUT2D eigenvalue weighted by atomic mass is 10.1. The van der Waals surface area contributed by atoms with Gasteiger partial charge in [-0.05, 0) is 52.3 Å². The zero-order valence-corrected chi connectivity index (χ0v) is 13.2. The van der Waals surface area contributed by atoms with Gasteiger partial charge in [0.1, 0.15) is 11.5 Å². The molecule has 0 amide bonds. The minimum atomic E-state index is -0.115. The van der Waals surface area contributed by atoms with Gasteiger partial charge in [-0.1, -0.05) is 15.9 Å². The molecule has 1 N–H and O–H groups in total. The van der Waals surface area contributed by atoms with Crippen molar-refractivity contribution in [2.24, 2.45) is 0 Å². The van der Waals surface area contributed by atoms with E-state index in [4.69, 9.17) is 4.42 Å². The molecule has 0 bridgehead atoms. The summed E-state index contributed by atoms with van der Waals surface area (Å²) in [6.45, 7) is 0. The Bertz CT molecular complexity index is 851. The molecule has 0 aliphatic carbocycles. The van der Waals surface area contributed by atoms with E-state index in [-0.39, 0.29) is 11.2 Å². The van der Waals surface area contributed by atoms with Crippen molar-refractivity contribution in [2.75, 3.05) is 0 Å². The van der Waals surface area contributed by atoms with Crippen molar-refractivity contribution in [2.45, 2.75) is 0 Å². The molecule has 0 spiro atoms. The fourth-order valence-electron chi connectivity index (χ4n) is 1.95. The molecule has 0 unspecified atom stereocenters. The number of rotatable bonds is 1. The van der Waals surface area contributed by atoms with E-state index in [0.29, 0.717) is 21.2 Å². The number of hydrogen-bond donors (Lipinski definition) is 1. The Kier molecular flexibility index (Phi) is 3.40. The van der Waals surface area contributed by atoms with Crippen molar-refractivity contribution in [3.8, 4) is 17.1 Å². The van der Waals surface area contributed by atoms with Gasteiger partial charge in [0.25, 0.3) is 0 Å². The van der Waals surface area contributed by atoms with Crippen molar-refractivity contribution < 1.29 is 9.52 Å². The van der Waals surface area contributed by atoms with Gasteiger partial charge in [0.2, 0.25) is 0 Å². The normalized spacial score (nSPS) is 10.9. The van der Waals surface area contributed by atoms with Crippen LogP contribution in [-0.4, -0.2) is 5.11 Å². The standard InChI is InChI=1S/C15H8Br2O3/c16-9-5-11-13(19)7-14(20-15(11)12(17)6-9)8-1-3-10(18)4-2-8/h1-7,18H. The van der Waals surface area contributed by atoms with E-state index >= 15 is 0 Å². The van der Waals surface area contributed by atoms with Crippen LogP contribution in [0, 0.1) is 0 Å². The van der Waals surface area contributed by atoms with E-state index in [1.807, 2.05) is 6.07 Å². The third-order valence-corrected chi connectivity index (χ3v) is 3.95. The zero-order chi connectivity index (χ0) is 14.3. The van der Waals surface area contributed by atoms with Gasteiger partial charge in [0, 0.05) is 16.1 Å². The van der Waals surface area contributed by atoms with Crippen LogP contribution in [-0.2, 0) is 0 Å². The first-order valence-electron chi connectivity index (χ1n) is 5.77. The van der Waals surface area contributed by atoms with E-state index in [0.717, 1.165) is 10.0 Å². The first-order valence-corrected chi connectivity index (χ1v) is 7.35. The second-order valence-corrected chi connectivity index (χ2v) is 6.06. The lowest BCUT2D eigenvalue weighted by Gasteiger charge is -2.05. The Labute approximate surface area is 131 Å². The highest BCUT2D eigenvalue weighted by atomic mass is 79.9. The second-order valence-electron chi connectivity index (χ2n) is 4.29. The number of halogens is 2. The highest BCUT2D eigenvalue weighted by molar-refractivity contribution is 9.11. The Hall–Kier alpha value is -1.59. The van der Waals surface area contributed by atoms with Crippen molar-refractivity contribution in [3.05, 3.63) is 61.6 Å². The Morgan fingerprint density at radius 1 is 1.00 bits per heavy atom. The fraction of sp³-hybridized carbons (Fsp3) is 0. The molecule has 3 aromatic rings. The van der Waals surface area contributed by atoms with Gasteiger partial charge in [0.15, 0.2) is 11.0 Å². The van der Waals surface area contributed by atoms with Crippen LogP contribution < -0.4 is 5.43 Å². The van der Waals surface area contributed by atoms with Crippen LogP contribution in [0.15, 0.2) is 60.6 Å². The van der Waals surface area contributed by atoms with Crippen LogP contribution in [0.2, 0.25) is 0 Å². The van der Waals surface area contributed by atoms with E-state index in [9.17, 15) is 9.90 Å². The molecule has 0 radical (unpaired) electrons. The smallest absolute Gasteiger partial charge is 0.193 e. The molecular formula is C15H8Br2O3. The zero-order valence-electron chi connectivity index (χ0n) is 10.1. The van der Waals surface area contributed by atoms with Gasteiger partial charge in [-0.15, -0.1) is 0 Å². The highest BCUT2D eigenvalue weighted by Gasteiger charge is 2.10. The number of aromatic hydroxyl groups is 1. The maximum atomic E-state index is 12.2. The lowest BCUT2D eigenvalue weighted by molar-refractivity contribution is 0.475. The molecule has 2 aromatic carbocycles. The SMILES string of the molecule is O=c1cc(-c2ccc(O)cc2)oc2c(Br)cc(Br)cc12. The molecule has 0 aliphatic heterocycles. The number of benzene rings is 2. The van der Waals surface area contributed by atoms with Gasteiger partial charge in [-0.2, -0.15) is 0 Å². The van der Waals surface area contributed by atoms with Gasteiger partial charge in [-0.3, -0.25) is 4.79 Å². The molecule has 0 saturated carbocycles. The number of phenolic OH excluding ortho intramolecular Hbond substituents is 1. The minimum Gasteiger partial charge on any atom is -0.508 e. The monoisotopic (exact) mass is 394 g/mol. The molecule has 0 saturated heterocycles. The quantitative estimate of drug-likeness (QED) is 0.650. The third kappa shape index (κ3) is 2.39. The first-order chi connectivity index (χ1) is 9.54. The van der Waals surface area contributed by atoms with Crippen molar-refractivity contribution >= 4 is 42.8 Å². The van der Waals surface area contributed by atoms with Crippen molar-refractivity contribution in [3.63, 3.8) is 0 Å². The minimum absolute atomic E-state index is 0.115. The van der Waals surface area contributed by atoms with Crippen LogP contribution in [0.3, 0.4) is 0 Å². The average molecular weight is 396 g/mol. The Morgan fingerprint density at radius 3 is 2.40 bits per heavy atom. The summed E-state index contributed by atoms with van der Waals surface area (Å²) in [4.78, 5) is 12.2. The predicted molar refractivity (Wildman–Crippen MR) is 85.0 cm³/mol. The van der Waals surface area contributed by atoms with E-state index < -0.39 is 0 Å². The summed E-state index contributed by atoms with van der Waals surface area (Å²) in [5, 5.41) is 9.81. The van der Waals surface area contributed by atoms with Crippen molar-refractivity contribution in [1.29, 1.82) is 0 Å². The summed E-state index contributed by atoms with van der Waals surface area (Å²) in [5.41, 5.74) is 1.12. The van der Waals surface area contributed by atoms with Gasteiger partial charge in [-0.25, -0.2) is 0 Å². The first kappa shape index (κ1) is 13.4. The van der Waals surface area contributed by atoms with Crippen LogP contribution in [0.25, 0.3) is 22.3 Å². The number of hydrogen-bond acceptors (Lipinski definition) is 3. The molecule has 1 heterocycles. The van der Waals surface area contributed by atoms with E-state index in [2.05, 4.69) is 31.9 Å². The maximum absolute atomic E-state index is 12.2. The summed E-state index contributed by atoms with van der Waals surface area (Å²) in [6, 6.07) is 11.5. The summed E-state index contributed by atoms with van der Waals surface area (Å²) in [6.07, 6.45) is 0. The molecule has 0 atom stereocenters. The van der Waals surface area contributed by atoms with Crippen LogP contribution in [0.4, 0.5) is 0 Å². The molecule has 1 aromatic heterocycles. The molecular weight excluding hydrogens is 388 g/mol. The molecule has 100 valence electrons. The summed E-state index contributed by atoms with van der Waals surface area (Å²) < 4.78 is 7.32. The number of fused-ring (bicyclic) bond motifs is 1. The Morgan fingerprint density at radius 2 is 1.70 bits per heavy atom. The highest BCUT2D eigenvalue weighted by Crippen LogP contribution is 2.30. The summed E-state index contributed by atoms with van der Waals surface area (Å²) >= 11 is 6.75. The maximum Gasteiger partial charge on any atom is 0.193 e. The van der Waals surface area contributed by atoms with Gasteiger partial charge < -0.3 is 9.52 Å². The van der Waals surface area contributed by atoms with E-state index in [1.165, 1.54) is 6.07 Å². The van der Waals surface area contributed by atoms with Crippen LogP contribution in [0.1, 0.15) is 0 Å². The fourth-order valence-corrected chi connectivity index (χ4v) is 3.26. The molecule has 3 nitrogen and oxygen atoms in total. The van der Waals surface area contributed by atoms with E-state index in [1.54, 1.807) is 30.3 Å². The van der Waals surface area contributed by atoms with Gasteiger partial charge in [0.05, 0.1) is 9.86 Å². The molecule has 5 heteroatoms. The largest absolute Gasteiger partial charge is 0.508 e. The van der Waals surface area contributed by atoms with Crippen LogP contribution >= 0.6 is 31.9 Å². The van der Waals surface area contributed by atoms with Crippen LogP contribution in [0.5, 0.6) is 5.75 Å². The summed E-state index contributed by atoms with van der Waals surface area (Å²) in [7, 11) is 0. The number of phenols is 1. The molecule has 0 aliphatic rings. The van der Waals surface area contributed by atoms with Crippen molar-refractivity contribution in [1.82, 2.24) is 0 Å². The molecule has 20 heavy (non-hydrogen) atoms. The topological polar surface area (TPSA) is 50.4 Å². The van der Waals surface area contributed by atoms with Gasteiger partial charge >= 0.3 is 0 Å². The molecule has 0 fully saturated rings. The average Bonchev–Trinajstić information content (AvgIpc) is 2.40.